The van der Waals surface area contributed by atoms with E-state index in [1.54, 1.807) is 0 Å². The molecule has 0 atom stereocenters. The van der Waals surface area contributed by atoms with Crippen molar-refractivity contribution in [2.24, 2.45) is 0 Å². The van der Waals surface area contributed by atoms with E-state index in [4.69, 9.17) is 26.4 Å². The van der Waals surface area contributed by atoms with E-state index in [-0.39, 0.29) is 12.6 Å². The molecule has 8 heteroatoms. The van der Waals surface area contributed by atoms with Crippen molar-refractivity contribution in [1.82, 2.24) is 14.3 Å². The molecule has 0 saturated carbocycles. The zero-order valence-corrected chi connectivity index (χ0v) is 20.3. The van der Waals surface area contributed by atoms with Crippen LogP contribution in [0.2, 0.25) is 5.02 Å². The van der Waals surface area contributed by atoms with E-state index in [1.165, 1.54) is 22.7 Å². The van der Waals surface area contributed by atoms with E-state index < -0.39 is 5.97 Å². The lowest BCUT2D eigenvalue weighted by Crippen LogP contribution is -2.27. The number of hydrogen-bond acceptors (Lipinski definition) is 6. The summed E-state index contributed by atoms with van der Waals surface area (Å²) in [6, 6.07) is 11.8. The smallest absolute Gasteiger partial charge is 0.317 e. The number of benzene rings is 2. The van der Waals surface area contributed by atoms with Crippen LogP contribution < -0.4 is 4.74 Å². The lowest BCUT2D eigenvalue weighted by Gasteiger charge is -2.16. The second-order valence-electron chi connectivity index (χ2n) is 7.91. The topological polar surface area (TPSA) is 75.6 Å². The fourth-order valence-electron chi connectivity index (χ4n) is 3.55. The van der Waals surface area contributed by atoms with Crippen LogP contribution in [0.15, 0.2) is 36.4 Å². The second kappa shape index (κ2) is 10.9. The molecule has 0 amide bonds. The maximum Gasteiger partial charge on any atom is 0.317 e. The monoisotopic (exact) mass is 473 g/mol. The Hall–Kier alpha value is -2.48. The Morgan fingerprint density at radius 2 is 2.06 bits per heavy atom. The third kappa shape index (κ3) is 6.06. The first-order chi connectivity index (χ1) is 15.3. The fourth-order valence-corrected chi connectivity index (χ4v) is 4.45. The van der Waals surface area contributed by atoms with Crippen molar-refractivity contribution in [1.29, 1.82) is 0 Å². The Morgan fingerprint density at radius 1 is 1.28 bits per heavy atom. The standard InChI is InChI=1S/C24H28ClN3O3S/c1-5-18-16(11-12-28(4)14-22(29)30)7-6-8-19(18)23-26-24(32-27-23)17-9-10-21(20(25)13-17)31-15(2)3/h6-10,13,15H,5,11-12,14H2,1-4H3,(H,29,30). The van der Waals surface area contributed by atoms with Gasteiger partial charge in [-0.1, -0.05) is 36.7 Å². The molecule has 1 heterocycles. The summed E-state index contributed by atoms with van der Waals surface area (Å²) in [5, 5.41) is 10.3. The maximum absolute atomic E-state index is 10.9. The lowest BCUT2D eigenvalue weighted by atomic mass is 9.96. The molecule has 0 aliphatic rings. The maximum atomic E-state index is 10.9. The molecule has 3 rings (SSSR count). The predicted octanol–water partition coefficient (Wildman–Crippen LogP) is 5.43. The van der Waals surface area contributed by atoms with Crippen LogP contribution in [0.3, 0.4) is 0 Å². The van der Waals surface area contributed by atoms with Crippen molar-refractivity contribution in [3.8, 4) is 27.7 Å². The Balaban J connectivity index is 1.84. The molecule has 0 bridgehead atoms. The molecule has 0 aliphatic heterocycles. The molecule has 170 valence electrons. The normalized spacial score (nSPS) is 11.3. The van der Waals surface area contributed by atoms with Crippen molar-refractivity contribution >= 4 is 29.1 Å². The highest BCUT2D eigenvalue weighted by Gasteiger charge is 2.16. The van der Waals surface area contributed by atoms with E-state index in [1.807, 2.05) is 56.1 Å². The molecule has 0 aliphatic carbocycles. The zero-order valence-electron chi connectivity index (χ0n) is 18.8. The highest BCUT2D eigenvalue weighted by molar-refractivity contribution is 7.09. The molecule has 0 radical (unpaired) electrons. The van der Waals surface area contributed by atoms with Crippen LogP contribution in [0.5, 0.6) is 5.75 Å². The van der Waals surface area contributed by atoms with Crippen LogP contribution >= 0.6 is 23.1 Å². The molecule has 0 fully saturated rings. The van der Waals surface area contributed by atoms with Gasteiger partial charge in [-0.15, -0.1) is 0 Å². The van der Waals surface area contributed by atoms with Gasteiger partial charge in [0.25, 0.3) is 0 Å². The largest absolute Gasteiger partial charge is 0.489 e. The van der Waals surface area contributed by atoms with Gasteiger partial charge in [0.05, 0.1) is 17.7 Å². The van der Waals surface area contributed by atoms with Gasteiger partial charge in [0.1, 0.15) is 10.8 Å². The van der Waals surface area contributed by atoms with Gasteiger partial charge in [-0.05, 0) is 74.6 Å². The van der Waals surface area contributed by atoms with Crippen LogP contribution in [0, 0.1) is 0 Å². The molecule has 32 heavy (non-hydrogen) atoms. The van der Waals surface area contributed by atoms with Gasteiger partial charge in [-0.3, -0.25) is 9.69 Å². The van der Waals surface area contributed by atoms with Crippen LogP contribution in [-0.4, -0.2) is 51.6 Å². The van der Waals surface area contributed by atoms with Crippen LogP contribution in [0.25, 0.3) is 22.0 Å². The number of rotatable bonds is 10. The summed E-state index contributed by atoms with van der Waals surface area (Å²) in [6.07, 6.45) is 1.66. The molecule has 2 aromatic carbocycles. The summed E-state index contributed by atoms with van der Waals surface area (Å²) in [5.41, 5.74) is 4.30. The summed E-state index contributed by atoms with van der Waals surface area (Å²) in [5.74, 6) is 0.533. The minimum absolute atomic E-state index is 0.0295. The van der Waals surface area contributed by atoms with Crippen LogP contribution in [0.4, 0.5) is 0 Å². The van der Waals surface area contributed by atoms with Gasteiger partial charge in [-0.2, -0.15) is 4.37 Å². The molecular weight excluding hydrogens is 446 g/mol. The molecule has 0 saturated heterocycles. The van der Waals surface area contributed by atoms with Crippen molar-refractivity contribution in [3.05, 3.63) is 52.5 Å². The van der Waals surface area contributed by atoms with Gasteiger partial charge >= 0.3 is 5.97 Å². The number of halogens is 1. The highest BCUT2D eigenvalue weighted by Crippen LogP contribution is 2.34. The number of aliphatic carboxylic acids is 1. The van der Waals surface area contributed by atoms with E-state index in [2.05, 4.69) is 17.4 Å². The van der Waals surface area contributed by atoms with Crippen LogP contribution in [0.1, 0.15) is 31.9 Å². The van der Waals surface area contributed by atoms with Gasteiger partial charge in [-0.25, -0.2) is 4.98 Å². The fraction of sp³-hybridized carbons (Fsp3) is 0.375. The van der Waals surface area contributed by atoms with E-state index in [0.29, 0.717) is 23.1 Å². The Morgan fingerprint density at radius 3 is 2.72 bits per heavy atom. The third-order valence-electron chi connectivity index (χ3n) is 5.00. The highest BCUT2D eigenvalue weighted by atomic mass is 35.5. The number of ether oxygens (including phenoxy) is 1. The van der Waals surface area contributed by atoms with Crippen molar-refractivity contribution in [2.75, 3.05) is 20.1 Å². The molecule has 3 aromatic rings. The number of carbonyl (C=O) groups is 1. The summed E-state index contributed by atoms with van der Waals surface area (Å²) in [7, 11) is 1.82. The van der Waals surface area contributed by atoms with Gasteiger partial charge in [0, 0.05) is 17.7 Å². The van der Waals surface area contributed by atoms with Crippen molar-refractivity contribution < 1.29 is 14.6 Å². The van der Waals surface area contributed by atoms with Crippen molar-refractivity contribution in [3.63, 3.8) is 0 Å². The molecular formula is C24H28ClN3O3S. The number of carboxylic acids is 1. The van der Waals surface area contributed by atoms with Gasteiger partial charge in [0.2, 0.25) is 0 Å². The Kier molecular flexibility index (Phi) is 8.23. The molecule has 1 N–H and O–H groups in total. The second-order valence-corrected chi connectivity index (χ2v) is 9.07. The van der Waals surface area contributed by atoms with Crippen molar-refractivity contribution in [2.45, 2.75) is 39.7 Å². The lowest BCUT2D eigenvalue weighted by molar-refractivity contribution is -0.137. The first kappa shape index (κ1) is 24.2. The average molecular weight is 474 g/mol. The first-order valence-electron chi connectivity index (χ1n) is 10.6. The Labute approximate surface area is 198 Å². The quantitative estimate of drug-likeness (QED) is 0.423. The van der Waals surface area contributed by atoms with E-state index >= 15 is 0 Å². The third-order valence-corrected chi connectivity index (χ3v) is 6.06. The summed E-state index contributed by atoms with van der Waals surface area (Å²) in [6.45, 7) is 6.74. The number of hydrogen-bond donors (Lipinski definition) is 1. The van der Waals surface area contributed by atoms with Gasteiger partial charge in [0.15, 0.2) is 5.82 Å². The van der Waals surface area contributed by atoms with Crippen LogP contribution in [-0.2, 0) is 17.6 Å². The molecule has 0 unspecified atom stereocenters. The zero-order chi connectivity index (χ0) is 23.3. The minimum Gasteiger partial charge on any atom is -0.489 e. The summed E-state index contributed by atoms with van der Waals surface area (Å²) in [4.78, 5) is 17.5. The first-order valence-corrected chi connectivity index (χ1v) is 11.7. The summed E-state index contributed by atoms with van der Waals surface area (Å²) >= 11 is 7.74. The number of likely N-dealkylation sites (N-methyl/N-ethyl adjacent to an activating group) is 1. The molecule has 0 spiro atoms. The SMILES string of the molecule is CCc1c(CCN(C)CC(=O)O)cccc1-c1nsc(-c2ccc(OC(C)C)c(Cl)c2)n1. The minimum atomic E-state index is -0.819. The van der Waals surface area contributed by atoms with E-state index in [0.717, 1.165) is 29.0 Å². The Bertz CT molecular complexity index is 1080. The average Bonchev–Trinajstić information content (AvgIpc) is 3.22. The molecule has 6 nitrogen and oxygen atoms in total. The van der Waals surface area contributed by atoms with Gasteiger partial charge < -0.3 is 9.84 Å². The number of carboxylic acid groups (broad SMARTS) is 1. The van der Waals surface area contributed by atoms with E-state index in [9.17, 15) is 4.79 Å². The predicted molar refractivity (Wildman–Crippen MR) is 130 cm³/mol. The number of aromatic nitrogens is 2. The molecule has 1 aromatic heterocycles. The summed E-state index contributed by atoms with van der Waals surface area (Å²) < 4.78 is 10.3. The number of nitrogens with zero attached hydrogens (tertiary/aromatic N) is 3.